The van der Waals surface area contributed by atoms with Gasteiger partial charge in [0.15, 0.2) is 6.10 Å². The van der Waals surface area contributed by atoms with Crippen LogP contribution in [0.3, 0.4) is 0 Å². The fraction of sp³-hybridized carbons (Fsp3) is 0.133. The van der Waals surface area contributed by atoms with E-state index in [4.69, 9.17) is 16.3 Å². The predicted octanol–water partition coefficient (Wildman–Crippen LogP) is 4.35. The summed E-state index contributed by atoms with van der Waals surface area (Å²) in [6.45, 7) is 1.70. The number of benzene rings is 2. The van der Waals surface area contributed by atoms with Gasteiger partial charge in [0, 0.05) is 14.3 Å². The molecule has 0 aliphatic heterocycles. The number of rotatable bonds is 4. The zero-order chi connectivity index (χ0) is 14.5. The number of anilines is 1. The van der Waals surface area contributed by atoms with E-state index in [9.17, 15) is 4.79 Å². The highest BCUT2D eigenvalue weighted by Gasteiger charge is 2.15. The summed E-state index contributed by atoms with van der Waals surface area (Å²) in [5.41, 5.74) is 0.753. The van der Waals surface area contributed by atoms with E-state index in [0.717, 1.165) is 9.26 Å². The topological polar surface area (TPSA) is 38.3 Å². The Bertz CT molecular complexity index is 618. The van der Waals surface area contributed by atoms with Gasteiger partial charge in [0.2, 0.25) is 0 Å². The van der Waals surface area contributed by atoms with Crippen molar-refractivity contribution in [2.75, 3.05) is 5.32 Å². The lowest BCUT2D eigenvalue weighted by molar-refractivity contribution is -0.122. The molecule has 2 aromatic rings. The Morgan fingerprint density at radius 1 is 1.25 bits per heavy atom. The maximum absolute atomic E-state index is 12.0. The van der Waals surface area contributed by atoms with Crippen molar-refractivity contribution in [2.24, 2.45) is 0 Å². The molecule has 20 heavy (non-hydrogen) atoms. The van der Waals surface area contributed by atoms with Crippen LogP contribution in [-0.4, -0.2) is 12.0 Å². The molecule has 0 radical (unpaired) electrons. The van der Waals surface area contributed by atoms with Gasteiger partial charge in [0.05, 0.1) is 0 Å². The van der Waals surface area contributed by atoms with Crippen molar-refractivity contribution in [3.05, 3.63) is 57.1 Å². The number of hydrogen-bond donors (Lipinski definition) is 1. The van der Waals surface area contributed by atoms with E-state index in [2.05, 4.69) is 27.9 Å². The molecular formula is C15H13ClINO2. The van der Waals surface area contributed by atoms with Crippen LogP contribution < -0.4 is 10.1 Å². The van der Waals surface area contributed by atoms with Crippen LogP contribution in [0.5, 0.6) is 5.75 Å². The van der Waals surface area contributed by atoms with E-state index in [-0.39, 0.29) is 5.91 Å². The van der Waals surface area contributed by atoms with Crippen LogP contribution in [0.2, 0.25) is 5.02 Å². The highest BCUT2D eigenvalue weighted by molar-refractivity contribution is 14.1. The van der Waals surface area contributed by atoms with Crippen molar-refractivity contribution in [2.45, 2.75) is 13.0 Å². The van der Waals surface area contributed by atoms with Crippen molar-refractivity contribution >= 4 is 45.8 Å². The maximum atomic E-state index is 12.0. The molecule has 0 heterocycles. The molecule has 1 amide bonds. The first-order valence-electron chi connectivity index (χ1n) is 6.03. The molecule has 0 spiro atoms. The van der Waals surface area contributed by atoms with E-state index < -0.39 is 6.10 Å². The Hall–Kier alpha value is -1.27. The van der Waals surface area contributed by atoms with Gasteiger partial charge in [0.25, 0.3) is 5.91 Å². The largest absolute Gasteiger partial charge is 0.481 e. The Morgan fingerprint density at radius 2 is 2.00 bits per heavy atom. The molecule has 104 valence electrons. The lowest BCUT2D eigenvalue weighted by Crippen LogP contribution is -2.30. The summed E-state index contributed by atoms with van der Waals surface area (Å²) < 4.78 is 6.62. The summed E-state index contributed by atoms with van der Waals surface area (Å²) in [5, 5.41) is 3.39. The van der Waals surface area contributed by atoms with E-state index in [1.165, 1.54) is 0 Å². The summed E-state index contributed by atoms with van der Waals surface area (Å²) in [4.78, 5) is 12.0. The van der Waals surface area contributed by atoms with Gasteiger partial charge in [-0.25, -0.2) is 0 Å². The first kappa shape index (κ1) is 15.1. The third-order valence-electron chi connectivity index (χ3n) is 2.57. The number of halogens is 2. The molecule has 0 saturated carbocycles. The summed E-state index contributed by atoms with van der Waals surface area (Å²) in [6.07, 6.45) is -0.605. The third-order valence-corrected chi connectivity index (χ3v) is 3.48. The Balaban J connectivity index is 1.98. The molecule has 2 rings (SSSR count). The second-order valence-corrected chi connectivity index (χ2v) is 5.90. The van der Waals surface area contributed by atoms with Gasteiger partial charge in [-0.1, -0.05) is 23.7 Å². The molecule has 0 aliphatic rings. The van der Waals surface area contributed by atoms with Crippen LogP contribution in [0.4, 0.5) is 5.69 Å². The standard InChI is InChI=1S/C15H13ClINO2/c1-10(20-14-7-2-4-11(16)8-14)15(19)18-13-6-3-5-12(17)9-13/h2-10H,1H3,(H,18,19)/t10-/m0/s1. The fourth-order valence-electron chi connectivity index (χ4n) is 1.61. The summed E-state index contributed by atoms with van der Waals surface area (Å²) in [7, 11) is 0. The number of carbonyl (C=O) groups excluding carboxylic acids is 1. The van der Waals surface area contributed by atoms with Crippen molar-refractivity contribution in [3.63, 3.8) is 0 Å². The molecule has 1 N–H and O–H groups in total. The monoisotopic (exact) mass is 401 g/mol. The summed E-state index contributed by atoms with van der Waals surface area (Å²) in [6, 6.07) is 14.6. The zero-order valence-corrected chi connectivity index (χ0v) is 13.7. The van der Waals surface area contributed by atoms with Gasteiger partial charge >= 0.3 is 0 Å². The van der Waals surface area contributed by atoms with E-state index in [1.807, 2.05) is 24.3 Å². The second-order valence-electron chi connectivity index (χ2n) is 4.22. The minimum Gasteiger partial charge on any atom is -0.481 e. The Labute approximate surface area is 136 Å². The van der Waals surface area contributed by atoms with E-state index in [1.54, 1.807) is 31.2 Å². The molecule has 0 bridgehead atoms. The van der Waals surface area contributed by atoms with Crippen molar-refractivity contribution in [3.8, 4) is 5.75 Å². The summed E-state index contributed by atoms with van der Waals surface area (Å²) in [5.74, 6) is 0.370. The van der Waals surface area contributed by atoms with Crippen molar-refractivity contribution < 1.29 is 9.53 Å². The minimum absolute atomic E-state index is 0.202. The van der Waals surface area contributed by atoms with Gasteiger partial charge in [-0.15, -0.1) is 0 Å². The van der Waals surface area contributed by atoms with Crippen LogP contribution in [0.1, 0.15) is 6.92 Å². The Morgan fingerprint density at radius 3 is 2.70 bits per heavy atom. The molecule has 0 unspecified atom stereocenters. The number of carbonyl (C=O) groups is 1. The predicted molar refractivity (Wildman–Crippen MR) is 89.3 cm³/mol. The van der Waals surface area contributed by atoms with Crippen LogP contribution in [0, 0.1) is 3.57 Å². The quantitative estimate of drug-likeness (QED) is 0.774. The van der Waals surface area contributed by atoms with Gasteiger partial charge in [0.1, 0.15) is 5.75 Å². The fourth-order valence-corrected chi connectivity index (χ4v) is 2.33. The van der Waals surface area contributed by atoms with Crippen molar-refractivity contribution in [1.82, 2.24) is 0 Å². The highest BCUT2D eigenvalue weighted by Crippen LogP contribution is 2.19. The molecule has 0 fully saturated rings. The number of ether oxygens (including phenoxy) is 1. The molecule has 1 atom stereocenters. The zero-order valence-electron chi connectivity index (χ0n) is 10.8. The molecule has 0 aromatic heterocycles. The van der Waals surface area contributed by atoms with Crippen molar-refractivity contribution in [1.29, 1.82) is 0 Å². The van der Waals surface area contributed by atoms with Crippen LogP contribution in [0.15, 0.2) is 48.5 Å². The van der Waals surface area contributed by atoms with Gasteiger partial charge in [-0.2, -0.15) is 0 Å². The summed E-state index contributed by atoms with van der Waals surface area (Å²) >= 11 is 8.07. The van der Waals surface area contributed by atoms with E-state index in [0.29, 0.717) is 10.8 Å². The molecule has 0 aliphatic carbocycles. The molecule has 5 heteroatoms. The van der Waals surface area contributed by atoms with Gasteiger partial charge in [-0.3, -0.25) is 4.79 Å². The molecule has 0 saturated heterocycles. The highest BCUT2D eigenvalue weighted by atomic mass is 127. The second kappa shape index (κ2) is 6.95. The number of amides is 1. The normalized spacial score (nSPS) is 11.8. The first-order valence-corrected chi connectivity index (χ1v) is 7.49. The van der Waals surface area contributed by atoms with Crippen LogP contribution >= 0.6 is 34.2 Å². The Kier molecular flexibility index (Phi) is 5.25. The molecular weight excluding hydrogens is 389 g/mol. The average molecular weight is 402 g/mol. The first-order chi connectivity index (χ1) is 9.54. The average Bonchev–Trinajstić information content (AvgIpc) is 2.38. The number of nitrogens with one attached hydrogen (secondary N) is 1. The van der Waals surface area contributed by atoms with Crippen LogP contribution in [0.25, 0.3) is 0 Å². The SMILES string of the molecule is C[C@H](Oc1cccc(Cl)c1)C(=O)Nc1cccc(I)c1. The van der Waals surface area contributed by atoms with Gasteiger partial charge in [-0.05, 0) is 65.9 Å². The number of hydrogen-bond acceptors (Lipinski definition) is 2. The maximum Gasteiger partial charge on any atom is 0.265 e. The van der Waals surface area contributed by atoms with Gasteiger partial charge < -0.3 is 10.1 Å². The molecule has 2 aromatic carbocycles. The molecule has 3 nitrogen and oxygen atoms in total. The third kappa shape index (κ3) is 4.38. The van der Waals surface area contributed by atoms with Crippen LogP contribution in [-0.2, 0) is 4.79 Å². The smallest absolute Gasteiger partial charge is 0.265 e. The minimum atomic E-state index is -0.605. The van der Waals surface area contributed by atoms with E-state index >= 15 is 0 Å². The lowest BCUT2D eigenvalue weighted by Gasteiger charge is -2.15. The lowest BCUT2D eigenvalue weighted by atomic mass is 10.3.